The molecule has 7 heteroatoms. The number of carbonyl (C=O) groups is 2. The van der Waals surface area contributed by atoms with Crippen molar-refractivity contribution in [1.82, 2.24) is 14.9 Å². The van der Waals surface area contributed by atoms with Gasteiger partial charge in [-0.3, -0.25) is 14.4 Å². The molecular formula is C21H24N4O3. The van der Waals surface area contributed by atoms with E-state index in [4.69, 9.17) is 0 Å². The fourth-order valence-electron chi connectivity index (χ4n) is 4.20. The van der Waals surface area contributed by atoms with Crippen molar-refractivity contribution in [2.24, 2.45) is 5.92 Å². The molecule has 1 N–H and O–H groups in total. The van der Waals surface area contributed by atoms with Crippen LogP contribution in [0.25, 0.3) is 0 Å². The smallest absolute Gasteiger partial charge is 0.251 e. The van der Waals surface area contributed by atoms with Crippen LogP contribution in [0.2, 0.25) is 0 Å². The molecule has 2 amide bonds. The average molecular weight is 380 g/mol. The van der Waals surface area contributed by atoms with Crippen molar-refractivity contribution >= 4 is 17.5 Å². The van der Waals surface area contributed by atoms with E-state index in [1.54, 1.807) is 22.8 Å². The van der Waals surface area contributed by atoms with Gasteiger partial charge in [-0.2, -0.15) is 0 Å². The van der Waals surface area contributed by atoms with Gasteiger partial charge < -0.3 is 14.8 Å². The predicted molar refractivity (Wildman–Crippen MR) is 105 cm³/mol. The van der Waals surface area contributed by atoms with E-state index in [1.165, 1.54) is 0 Å². The molecule has 146 valence electrons. The van der Waals surface area contributed by atoms with Gasteiger partial charge in [0.15, 0.2) is 0 Å². The van der Waals surface area contributed by atoms with Crippen LogP contribution in [-0.2, 0) is 9.59 Å². The molecule has 3 heterocycles. The lowest BCUT2D eigenvalue weighted by atomic mass is 9.92. The third-order valence-corrected chi connectivity index (χ3v) is 5.68. The highest BCUT2D eigenvalue weighted by molar-refractivity contribution is 6.09. The van der Waals surface area contributed by atoms with Gasteiger partial charge in [-0.1, -0.05) is 18.2 Å². The molecule has 1 atom stereocenters. The van der Waals surface area contributed by atoms with Crippen molar-refractivity contribution in [2.75, 3.05) is 24.5 Å². The lowest BCUT2D eigenvalue weighted by molar-refractivity contribution is -0.140. The first-order chi connectivity index (χ1) is 13.5. The van der Waals surface area contributed by atoms with Crippen LogP contribution in [0.1, 0.15) is 36.7 Å². The monoisotopic (exact) mass is 380 g/mol. The van der Waals surface area contributed by atoms with Crippen molar-refractivity contribution in [3.63, 3.8) is 0 Å². The Kier molecular flexibility index (Phi) is 4.98. The largest absolute Gasteiger partial charge is 0.342 e. The number of carbonyl (C=O) groups excluding carboxylic acids is 2. The van der Waals surface area contributed by atoms with E-state index >= 15 is 0 Å². The van der Waals surface area contributed by atoms with E-state index in [2.05, 4.69) is 9.97 Å². The van der Waals surface area contributed by atoms with Crippen molar-refractivity contribution in [2.45, 2.75) is 32.1 Å². The van der Waals surface area contributed by atoms with Crippen LogP contribution >= 0.6 is 0 Å². The summed E-state index contributed by atoms with van der Waals surface area (Å²) in [6.45, 7) is 3.53. The Morgan fingerprint density at radius 1 is 1.07 bits per heavy atom. The molecule has 0 aliphatic carbocycles. The number of H-pyrrole nitrogens is 1. The van der Waals surface area contributed by atoms with E-state index < -0.39 is 5.92 Å². The molecule has 2 aliphatic heterocycles. The maximum atomic E-state index is 12.9. The Hall–Kier alpha value is -2.96. The second-order valence-corrected chi connectivity index (χ2v) is 7.52. The molecule has 1 aromatic heterocycles. The number of aromatic amines is 1. The summed E-state index contributed by atoms with van der Waals surface area (Å²) < 4.78 is 0. The van der Waals surface area contributed by atoms with E-state index in [1.807, 2.05) is 30.3 Å². The molecule has 2 fully saturated rings. The molecule has 2 saturated heterocycles. The third-order valence-electron chi connectivity index (χ3n) is 5.68. The van der Waals surface area contributed by atoms with E-state index in [0.717, 1.165) is 24.2 Å². The number of hydrogen-bond donors (Lipinski definition) is 1. The van der Waals surface area contributed by atoms with Gasteiger partial charge in [-0.25, -0.2) is 4.98 Å². The Morgan fingerprint density at radius 3 is 2.46 bits per heavy atom. The number of aryl methyl sites for hydroxylation is 1. The first-order valence-corrected chi connectivity index (χ1v) is 9.76. The summed E-state index contributed by atoms with van der Waals surface area (Å²) >= 11 is 0. The number of piperidine rings is 1. The van der Waals surface area contributed by atoms with Crippen LogP contribution in [0, 0.1) is 12.8 Å². The normalized spacial score (nSPS) is 20.6. The molecule has 2 aromatic rings. The van der Waals surface area contributed by atoms with Crippen LogP contribution in [0.5, 0.6) is 0 Å². The van der Waals surface area contributed by atoms with E-state index in [0.29, 0.717) is 31.9 Å². The number of benzene rings is 1. The average Bonchev–Trinajstić information content (AvgIpc) is 3.09. The maximum absolute atomic E-state index is 12.9. The first kappa shape index (κ1) is 18.4. The fraction of sp³-hybridized carbons (Fsp3) is 0.429. The van der Waals surface area contributed by atoms with Gasteiger partial charge in [0.05, 0.1) is 5.69 Å². The van der Waals surface area contributed by atoms with Crippen LogP contribution in [0.4, 0.5) is 5.69 Å². The molecule has 1 aromatic carbocycles. The molecule has 0 saturated carbocycles. The zero-order chi connectivity index (χ0) is 19.7. The van der Waals surface area contributed by atoms with Crippen molar-refractivity contribution in [3.05, 3.63) is 58.3 Å². The highest BCUT2D eigenvalue weighted by Crippen LogP contribution is 2.30. The van der Waals surface area contributed by atoms with Gasteiger partial charge in [0.2, 0.25) is 11.8 Å². The van der Waals surface area contributed by atoms with E-state index in [-0.39, 0.29) is 23.3 Å². The SMILES string of the molecule is Cc1nc(C2CCN(C(=O)[C@H]3CCN(c4ccccc4)C3=O)CC2)cc(=O)[nH]1. The minimum absolute atomic E-state index is 0.0723. The van der Waals surface area contributed by atoms with Gasteiger partial charge in [-0.15, -0.1) is 0 Å². The molecule has 0 radical (unpaired) electrons. The Morgan fingerprint density at radius 2 is 1.79 bits per heavy atom. The highest BCUT2D eigenvalue weighted by atomic mass is 16.2. The number of hydrogen-bond acceptors (Lipinski definition) is 4. The number of rotatable bonds is 3. The molecule has 2 aliphatic rings. The quantitative estimate of drug-likeness (QED) is 0.823. The zero-order valence-electron chi connectivity index (χ0n) is 15.9. The number of anilines is 1. The molecule has 0 unspecified atom stereocenters. The van der Waals surface area contributed by atoms with Crippen LogP contribution in [-0.4, -0.2) is 46.3 Å². The van der Waals surface area contributed by atoms with Gasteiger partial charge in [0.1, 0.15) is 11.7 Å². The summed E-state index contributed by atoms with van der Waals surface area (Å²) in [5.74, 6) is 0.0162. The number of aromatic nitrogens is 2. The number of amides is 2. The van der Waals surface area contributed by atoms with Crippen LogP contribution < -0.4 is 10.5 Å². The van der Waals surface area contributed by atoms with Gasteiger partial charge in [-0.05, 0) is 38.3 Å². The minimum Gasteiger partial charge on any atom is -0.342 e. The number of para-hydroxylation sites is 1. The highest BCUT2D eigenvalue weighted by Gasteiger charge is 2.40. The summed E-state index contributed by atoms with van der Waals surface area (Å²) in [4.78, 5) is 48.0. The lowest BCUT2D eigenvalue weighted by Crippen LogP contribution is -2.44. The van der Waals surface area contributed by atoms with Gasteiger partial charge >= 0.3 is 0 Å². The molecule has 28 heavy (non-hydrogen) atoms. The first-order valence-electron chi connectivity index (χ1n) is 9.76. The summed E-state index contributed by atoms with van der Waals surface area (Å²) in [6, 6.07) is 11.0. The molecule has 4 rings (SSSR count). The Labute approximate surface area is 163 Å². The lowest BCUT2D eigenvalue weighted by Gasteiger charge is -2.33. The number of likely N-dealkylation sites (tertiary alicyclic amines) is 1. The second-order valence-electron chi connectivity index (χ2n) is 7.52. The van der Waals surface area contributed by atoms with E-state index in [9.17, 15) is 14.4 Å². The van der Waals surface area contributed by atoms with Crippen molar-refractivity contribution < 1.29 is 9.59 Å². The van der Waals surface area contributed by atoms with Crippen molar-refractivity contribution in [1.29, 1.82) is 0 Å². The van der Waals surface area contributed by atoms with Gasteiger partial charge in [0, 0.05) is 37.3 Å². The topological polar surface area (TPSA) is 86.4 Å². The van der Waals surface area contributed by atoms with Crippen molar-refractivity contribution in [3.8, 4) is 0 Å². The molecule has 0 bridgehead atoms. The standard InChI is InChI=1S/C21H24N4O3/c1-14-22-18(13-19(26)23-14)15-7-10-24(11-8-15)20(27)17-9-12-25(21(17)28)16-5-3-2-4-6-16/h2-6,13,15,17H,7-12H2,1H3,(H,22,23,26)/t17-/m1/s1. The summed E-state index contributed by atoms with van der Waals surface area (Å²) in [5.41, 5.74) is 1.50. The molecule has 7 nitrogen and oxygen atoms in total. The number of nitrogens with one attached hydrogen (secondary N) is 1. The summed E-state index contributed by atoms with van der Waals surface area (Å²) in [5, 5.41) is 0. The Balaban J connectivity index is 1.39. The van der Waals surface area contributed by atoms with Crippen LogP contribution in [0.3, 0.4) is 0 Å². The predicted octanol–water partition coefficient (Wildman–Crippen LogP) is 1.84. The Bertz CT molecular complexity index is 932. The summed E-state index contributed by atoms with van der Waals surface area (Å²) in [6.07, 6.45) is 2.07. The maximum Gasteiger partial charge on any atom is 0.251 e. The third kappa shape index (κ3) is 3.56. The summed E-state index contributed by atoms with van der Waals surface area (Å²) in [7, 11) is 0. The molecular weight excluding hydrogens is 356 g/mol. The van der Waals surface area contributed by atoms with Crippen LogP contribution in [0.15, 0.2) is 41.2 Å². The zero-order valence-corrected chi connectivity index (χ0v) is 15.9. The minimum atomic E-state index is -0.586. The molecule has 0 spiro atoms. The second kappa shape index (κ2) is 7.58. The number of nitrogens with zero attached hydrogens (tertiary/aromatic N) is 3. The fourth-order valence-corrected chi connectivity index (χ4v) is 4.20. The van der Waals surface area contributed by atoms with Gasteiger partial charge in [0.25, 0.3) is 5.56 Å².